The number of benzene rings is 2. The minimum Gasteiger partial charge on any atom is -0.493 e. The van der Waals surface area contributed by atoms with E-state index in [1.807, 2.05) is 0 Å². The summed E-state index contributed by atoms with van der Waals surface area (Å²) in [6.45, 7) is 0. The molecule has 122 valence electrons. The molecule has 0 saturated heterocycles. The second-order valence-electron chi connectivity index (χ2n) is 4.70. The summed E-state index contributed by atoms with van der Waals surface area (Å²) in [6, 6.07) is 11.4. The Morgan fingerprint density at radius 1 is 1.21 bits per heavy atom. The van der Waals surface area contributed by atoms with Crippen molar-refractivity contribution in [3.63, 3.8) is 0 Å². The molecule has 0 saturated carbocycles. The first-order valence-electron chi connectivity index (χ1n) is 6.78. The Morgan fingerprint density at radius 3 is 2.29 bits per heavy atom. The minimum absolute atomic E-state index is 0.0247. The van der Waals surface area contributed by atoms with Crippen LogP contribution in [-0.2, 0) is 0 Å². The molecule has 0 atom stereocenters. The van der Waals surface area contributed by atoms with E-state index >= 15 is 0 Å². The monoisotopic (exact) mass is 388 g/mol. The van der Waals surface area contributed by atoms with Crippen LogP contribution in [0.15, 0.2) is 40.9 Å². The predicted octanol–water partition coefficient (Wildman–Crippen LogP) is 4.44. The summed E-state index contributed by atoms with van der Waals surface area (Å²) < 4.78 is 11.2. The van der Waals surface area contributed by atoms with Gasteiger partial charge in [0.15, 0.2) is 11.5 Å². The van der Waals surface area contributed by atoms with Crippen molar-refractivity contribution in [2.45, 2.75) is 0 Å². The van der Waals surface area contributed by atoms with Crippen LogP contribution >= 0.6 is 15.9 Å². The first kappa shape index (κ1) is 17.5. The zero-order chi connectivity index (χ0) is 17.7. The van der Waals surface area contributed by atoms with E-state index < -0.39 is 4.92 Å². The van der Waals surface area contributed by atoms with E-state index in [2.05, 4.69) is 22.0 Å². The lowest BCUT2D eigenvalue weighted by atomic mass is 10.0. The van der Waals surface area contributed by atoms with Crippen LogP contribution in [0.25, 0.3) is 11.6 Å². The molecule has 6 nitrogen and oxygen atoms in total. The summed E-state index contributed by atoms with van der Waals surface area (Å²) in [7, 11) is 3.07. The van der Waals surface area contributed by atoms with Crippen molar-refractivity contribution in [1.82, 2.24) is 0 Å². The van der Waals surface area contributed by atoms with Crippen molar-refractivity contribution >= 4 is 33.3 Å². The molecule has 0 aromatic heterocycles. The van der Waals surface area contributed by atoms with E-state index in [4.69, 9.17) is 9.47 Å². The maximum absolute atomic E-state index is 10.7. The molecule has 0 radical (unpaired) electrons. The molecule has 7 heteroatoms. The average Bonchev–Trinajstić information content (AvgIpc) is 2.60. The van der Waals surface area contributed by atoms with Gasteiger partial charge in [0, 0.05) is 16.6 Å². The highest BCUT2D eigenvalue weighted by Crippen LogP contribution is 2.35. The molecule has 0 spiro atoms. The number of rotatable bonds is 5. The van der Waals surface area contributed by atoms with Crippen molar-refractivity contribution in [2.75, 3.05) is 14.2 Å². The Labute approximate surface area is 147 Å². The highest BCUT2D eigenvalue weighted by Gasteiger charge is 2.11. The third-order valence-electron chi connectivity index (χ3n) is 3.31. The number of ether oxygens (including phenoxy) is 2. The molecule has 0 aliphatic carbocycles. The predicted molar refractivity (Wildman–Crippen MR) is 93.8 cm³/mol. The zero-order valence-corrected chi connectivity index (χ0v) is 14.5. The summed E-state index contributed by atoms with van der Waals surface area (Å²) >= 11 is 3.43. The number of nitrogens with zero attached hydrogens (tertiary/aromatic N) is 2. The lowest BCUT2D eigenvalue weighted by Crippen LogP contribution is -1.92. The van der Waals surface area contributed by atoms with Gasteiger partial charge in [-0.05, 0) is 41.5 Å². The Balaban J connectivity index is 2.47. The molecule has 2 aromatic rings. The zero-order valence-electron chi connectivity index (χ0n) is 12.9. The second kappa shape index (κ2) is 7.62. The van der Waals surface area contributed by atoms with Crippen LogP contribution in [0.5, 0.6) is 11.5 Å². The molecule has 0 heterocycles. The summed E-state index contributed by atoms with van der Waals surface area (Å²) in [5.41, 5.74) is 1.66. The molecule has 0 bridgehead atoms. The van der Waals surface area contributed by atoms with Crippen LogP contribution in [0.4, 0.5) is 5.69 Å². The fourth-order valence-corrected chi connectivity index (χ4v) is 2.52. The third-order valence-corrected chi connectivity index (χ3v) is 4.00. The average molecular weight is 389 g/mol. The van der Waals surface area contributed by atoms with Crippen molar-refractivity contribution in [3.05, 3.63) is 62.1 Å². The second-order valence-corrected chi connectivity index (χ2v) is 5.56. The molecular formula is C17H13BrN2O4. The Hall–Kier alpha value is -2.85. The maximum Gasteiger partial charge on any atom is 0.269 e. The molecule has 0 amide bonds. The number of nitro benzene ring substituents is 1. The topological polar surface area (TPSA) is 85.4 Å². The van der Waals surface area contributed by atoms with Crippen LogP contribution in [0.3, 0.4) is 0 Å². The van der Waals surface area contributed by atoms with Gasteiger partial charge in [0.25, 0.3) is 5.69 Å². The van der Waals surface area contributed by atoms with E-state index in [-0.39, 0.29) is 5.69 Å². The number of allylic oxidation sites excluding steroid dienone is 1. The van der Waals surface area contributed by atoms with E-state index in [0.29, 0.717) is 22.6 Å². The van der Waals surface area contributed by atoms with Crippen molar-refractivity contribution in [2.24, 2.45) is 0 Å². The molecule has 0 unspecified atom stereocenters. The lowest BCUT2D eigenvalue weighted by Gasteiger charge is -2.10. The van der Waals surface area contributed by atoms with Crippen molar-refractivity contribution < 1.29 is 14.4 Å². The molecule has 2 aromatic carbocycles. The standard InChI is InChI=1S/C17H13BrN2O4/c1-23-16-8-12(15(18)9-17(16)24-2)7-13(10-19)11-3-5-14(6-4-11)20(21)22/h3-9H,1-2H3/b13-7-. The Kier molecular flexibility index (Phi) is 5.55. The van der Waals surface area contributed by atoms with Gasteiger partial charge < -0.3 is 9.47 Å². The minimum atomic E-state index is -0.482. The number of hydrogen-bond donors (Lipinski definition) is 0. The first-order chi connectivity index (χ1) is 11.5. The largest absolute Gasteiger partial charge is 0.493 e. The van der Waals surface area contributed by atoms with Crippen LogP contribution in [0, 0.1) is 21.4 Å². The van der Waals surface area contributed by atoms with E-state index in [1.54, 1.807) is 30.3 Å². The molecule has 0 N–H and O–H groups in total. The van der Waals surface area contributed by atoms with Gasteiger partial charge in [0.05, 0.1) is 30.8 Å². The van der Waals surface area contributed by atoms with E-state index in [9.17, 15) is 15.4 Å². The molecule has 0 fully saturated rings. The van der Waals surface area contributed by atoms with Gasteiger partial charge in [-0.15, -0.1) is 0 Å². The van der Waals surface area contributed by atoms with Crippen molar-refractivity contribution in [3.8, 4) is 17.6 Å². The van der Waals surface area contributed by atoms with Gasteiger partial charge in [-0.25, -0.2) is 0 Å². The SMILES string of the molecule is COc1cc(Br)c(/C=C(/C#N)c2ccc([N+](=O)[O-])cc2)cc1OC. The van der Waals surface area contributed by atoms with Crippen LogP contribution in [0.2, 0.25) is 0 Å². The van der Waals surface area contributed by atoms with Gasteiger partial charge >= 0.3 is 0 Å². The summed E-state index contributed by atoms with van der Waals surface area (Å²) in [5.74, 6) is 1.10. The third kappa shape index (κ3) is 3.73. The van der Waals surface area contributed by atoms with Crippen molar-refractivity contribution in [1.29, 1.82) is 5.26 Å². The quantitative estimate of drug-likeness (QED) is 0.327. The lowest BCUT2D eigenvalue weighted by molar-refractivity contribution is -0.384. The fraction of sp³-hybridized carbons (Fsp3) is 0.118. The highest BCUT2D eigenvalue weighted by atomic mass is 79.9. The fourth-order valence-electron chi connectivity index (χ4n) is 2.08. The maximum atomic E-state index is 10.7. The van der Waals surface area contributed by atoms with Crippen LogP contribution in [-0.4, -0.2) is 19.1 Å². The smallest absolute Gasteiger partial charge is 0.269 e. The number of non-ortho nitro benzene ring substituents is 1. The van der Waals surface area contributed by atoms with E-state index in [1.165, 1.54) is 26.4 Å². The van der Waals surface area contributed by atoms with Gasteiger partial charge in [0.2, 0.25) is 0 Å². The van der Waals surface area contributed by atoms with E-state index in [0.717, 1.165) is 10.0 Å². The van der Waals surface area contributed by atoms with Gasteiger partial charge in [-0.1, -0.05) is 15.9 Å². The van der Waals surface area contributed by atoms with Gasteiger partial charge in [-0.2, -0.15) is 5.26 Å². The van der Waals surface area contributed by atoms with Gasteiger partial charge in [-0.3, -0.25) is 10.1 Å². The van der Waals surface area contributed by atoms with Crippen LogP contribution in [0.1, 0.15) is 11.1 Å². The summed E-state index contributed by atoms with van der Waals surface area (Å²) in [5, 5.41) is 20.1. The summed E-state index contributed by atoms with van der Waals surface area (Å²) in [6.07, 6.45) is 1.67. The molecule has 0 aliphatic rings. The number of nitriles is 1. The molecular weight excluding hydrogens is 376 g/mol. The number of hydrogen-bond acceptors (Lipinski definition) is 5. The Bertz CT molecular complexity index is 839. The number of methoxy groups -OCH3 is 2. The first-order valence-corrected chi connectivity index (χ1v) is 7.57. The Morgan fingerprint density at radius 2 is 1.79 bits per heavy atom. The van der Waals surface area contributed by atoms with Gasteiger partial charge in [0.1, 0.15) is 0 Å². The van der Waals surface area contributed by atoms with Crippen LogP contribution < -0.4 is 9.47 Å². The number of halogens is 1. The normalized spacial score (nSPS) is 10.8. The molecule has 0 aliphatic heterocycles. The number of nitro groups is 1. The molecule has 24 heavy (non-hydrogen) atoms. The highest BCUT2D eigenvalue weighted by molar-refractivity contribution is 9.10. The summed E-state index contributed by atoms with van der Waals surface area (Å²) in [4.78, 5) is 10.2. The molecule has 2 rings (SSSR count).